The Morgan fingerprint density at radius 1 is 1.00 bits per heavy atom. The molecule has 3 aromatic carbocycles. The van der Waals surface area contributed by atoms with Gasteiger partial charge in [-0.3, -0.25) is 9.59 Å². The van der Waals surface area contributed by atoms with E-state index in [1.807, 2.05) is 42.5 Å². The van der Waals surface area contributed by atoms with Gasteiger partial charge in [0, 0.05) is 18.1 Å². The fourth-order valence-electron chi connectivity index (χ4n) is 3.18. The molecule has 0 aliphatic heterocycles. The molecule has 2 N–H and O–H groups in total. The van der Waals surface area contributed by atoms with Gasteiger partial charge in [-0.15, -0.1) is 10.2 Å². The molecule has 2 amide bonds. The lowest BCUT2D eigenvalue weighted by molar-refractivity contribution is -0.113. The molecule has 1 heterocycles. The van der Waals surface area contributed by atoms with E-state index in [4.69, 9.17) is 0 Å². The summed E-state index contributed by atoms with van der Waals surface area (Å²) in [5, 5.41) is 16.3. The summed E-state index contributed by atoms with van der Waals surface area (Å²) >= 11 is 1.24. The minimum absolute atomic E-state index is 0.0330. The molecule has 1 aromatic heterocycles. The van der Waals surface area contributed by atoms with E-state index < -0.39 is 11.7 Å². The lowest BCUT2D eigenvalue weighted by Crippen LogP contribution is -2.25. The van der Waals surface area contributed by atoms with Crippen molar-refractivity contribution in [3.8, 4) is 0 Å². The van der Waals surface area contributed by atoms with Gasteiger partial charge < -0.3 is 15.2 Å². The van der Waals surface area contributed by atoms with E-state index in [9.17, 15) is 14.0 Å². The van der Waals surface area contributed by atoms with Crippen LogP contribution in [-0.4, -0.2) is 32.3 Å². The van der Waals surface area contributed by atoms with Crippen molar-refractivity contribution in [1.82, 2.24) is 20.1 Å². The van der Waals surface area contributed by atoms with Crippen LogP contribution in [0.2, 0.25) is 0 Å². The van der Waals surface area contributed by atoms with Crippen molar-refractivity contribution in [2.45, 2.75) is 11.7 Å². The van der Waals surface area contributed by atoms with Crippen molar-refractivity contribution in [2.24, 2.45) is 7.05 Å². The van der Waals surface area contributed by atoms with Crippen LogP contribution in [0, 0.1) is 5.82 Å². The Morgan fingerprint density at radius 2 is 1.75 bits per heavy atom. The fourth-order valence-corrected chi connectivity index (χ4v) is 3.91. The fraction of sp³-hybridized carbons (Fsp3) is 0.130. The van der Waals surface area contributed by atoms with Crippen molar-refractivity contribution in [1.29, 1.82) is 0 Å². The van der Waals surface area contributed by atoms with Gasteiger partial charge in [0.15, 0.2) is 11.0 Å². The van der Waals surface area contributed by atoms with Crippen LogP contribution in [-0.2, 0) is 18.4 Å². The lowest BCUT2D eigenvalue weighted by Gasteiger charge is -2.09. The molecular formula is C23H20FN5O2S. The Labute approximate surface area is 188 Å². The van der Waals surface area contributed by atoms with Crippen molar-refractivity contribution in [3.05, 3.63) is 83.9 Å². The minimum Gasteiger partial charge on any atom is -0.345 e. The highest BCUT2D eigenvalue weighted by atomic mass is 32.2. The summed E-state index contributed by atoms with van der Waals surface area (Å²) in [6, 6.07) is 19.4. The van der Waals surface area contributed by atoms with Gasteiger partial charge in [0.05, 0.1) is 17.9 Å². The number of nitrogens with one attached hydrogen (secondary N) is 2. The number of carbonyl (C=O) groups excluding carboxylic acids is 2. The average molecular weight is 450 g/mol. The van der Waals surface area contributed by atoms with Gasteiger partial charge in [-0.25, -0.2) is 4.39 Å². The third kappa shape index (κ3) is 4.78. The molecule has 0 radical (unpaired) electrons. The molecule has 0 fully saturated rings. The van der Waals surface area contributed by atoms with E-state index >= 15 is 0 Å². The second kappa shape index (κ2) is 9.61. The first-order valence-corrected chi connectivity index (χ1v) is 10.8. The summed E-state index contributed by atoms with van der Waals surface area (Å²) in [4.78, 5) is 24.6. The van der Waals surface area contributed by atoms with E-state index in [0.717, 1.165) is 16.5 Å². The van der Waals surface area contributed by atoms with Crippen LogP contribution in [0.3, 0.4) is 0 Å². The second-order valence-corrected chi connectivity index (χ2v) is 7.93. The number of thioether (sulfide) groups is 1. The first-order chi connectivity index (χ1) is 15.5. The normalized spacial score (nSPS) is 10.8. The number of hydrogen-bond donors (Lipinski definition) is 2. The zero-order valence-corrected chi connectivity index (χ0v) is 18.0. The quantitative estimate of drug-likeness (QED) is 0.420. The van der Waals surface area contributed by atoms with Crippen LogP contribution in [0.4, 0.5) is 10.1 Å². The predicted octanol–water partition coefficient (Wildman–Crippen LogP) is 3.77. The molecule has 4 rings (SSSR count). The maximum Gasteiger partial charge on any atom is 0.254 e. The molecule has 162 valence electrons. The third-order valence-corrected chi connectivity index (χ3v) is 5.87. The lowest BCUT2D eigenvalue weighted by atomic mass is 10.1. The van der Waals surface area contributed by atoms with Gasteiger partial charge in [0.1, 0.15) is 5.82 Å². The zero-order valence-electron chi connectivity index (χ0n) is 17.2. The smallest absolute Gasteiger partial charge is 0.254 e. The van der Waals surface area contributed by atoms with Crippen LogP contribution < -0.4 is 10.6 Å². The second-order valence-electron chi connectivity index (χ2n) is 6.98. The van der Waals surface area contributed by atoms with E-state index in [2.05, 4.69) is 20.8 Å². The van der Waals surface area contributed by atoms with Gasteiger partial charge in [-0.2, -0.15) is 0 Å². The molecule has 7 nitrogen and oxygen atoms in total. The van der Waals surface area contributed by atoms with Crippen LogP contribution in [0.25, 0.3) is 10.8 Å². The highest BCUT2D eigenvalue weighted by Crippen LogP contribution is 2.23. The summed E-state index contributed by atoms with van der Waals surface area (Å²) in [5.74, 6) is -0.641. The number of halogens is 1. The first kappa shape index (κ1) is 21.5. The number of anilines is 1. The number of rotatable bonds is 7. The first-order valence-electron chi connectivity index (χ1n) is 9.84. The Bertz CT molecular complexity index is 1290. The predicted molar refractivity (Wildman–Crippen MR) is 122 cm³/mol. The van der Waals surface area contributed by atoms with E-state index in [1.54, 1.807) is 17.7 Å². The number of aromatic nitrogens is 3. The number of nitrogens with zero attached hydrogens (tertiary/aromatic N) is 3. The highest BCUT2D eigenvalue weighted by Gasteiger charge is 2.15. The summed E-state index contributed by atoms with van der Waals surface area (Å²) in [7, 11) is 1.75. The number of amides is 2. The topological polar surface area (TPSA) is 88.9 Å². The SMILES string of the molecule is Cn1c(CNC(=O)c2ccccc2F)nnc1SCC(=O)Nc1cccc2ccccc12. The molecule has 0 bridgehead atoms. The van der Waals surface area contributed by atoms with E-state index in [0.29, 0.717) is 11.0 Å². The third-order valence-electron chi connectivity index (χ3n) is 4.85. The number of hydrogen-bond acceptors (Lipinski definition) is 5. The maximum absolute atomic E-state index is 13.7. The van der Waals surface area contributed by atoms with Crippen LogP contribution in [0.1, 0.15) is 16.2 Å². The van der Waals surface area contributed by atoms with Crippen LogP contribution in [0.5, 0.6) is 0 Å². The minimum atomic E-state index is -0.587. The molecule has 0 spiro atoms. The Kier molecular flexibility index (Phi) is 6.46. The van der Waals surface area contributed by atoms with Gasteiger partial charge in [0.2, 0.25) is 5.91 Å². The summed E-state index contributed by atoms with van der Waals surface area (Å²) < 4.78 is 15.4. The largest absolute Gasteiger partial charge is 0.345 e. The van der Waals surface area contributed by atoms with E-state index in [-0.39, 0.29) is 23.8 Å². The van der Waals surface area contributed by atoms with Gasteiger partial charge in [-0.05, 0) is 23.6 Å². The molecular weight excluding hydrogens is 429 g/mol. The zero-order chi connectivity index (χ0) is 22.5. The number of carbonyl (C=O) groups is 2. The van der Waals surface area contributed by atoms with Gasteiger partial charge in [0.25, 0.3) is 5.91 Å². The summed E-state index contributed by atoms with van der Waals surface area (Å²) in [5.41, 5.74) is 0.720. The maximum atomic E-state index is 13.7. The Balaban J connectivity index is 1.34. The van der Waals surface area contributed by atoms with Gasteiger partial charge >= 0.3 is 0 Å². The van der Waals surface area contributed by atoms with Gasteiger partial charge in [-0.1, -0.05) is 60.3 Å². The van der Waals surface area contributed by atoms with Crippen molar-refractivity contribution < 1.29 is 14.0 Å². The van der Waals surface area contributed by atoms with E-state index in [1.165, 1.54) is 30.0 Å². The van der Waals surface area contributed by atoms with Crippen molar-refractivity contribution in [2.75, 3.05) is 11.1 Å². The molecule has 0 saturated carbocycles. The molecule has 32 heavy (non-hydrogen) atoms. The molecule has 0 aliphatic carbocycles. The van der Waals surface area contributed by atoms with Crippen molar-refractivity contribution >= 4 is 40.0 Å². The summed E-state index contributed by atoms with van der Waals surface area (Å²) in [6.07, 6.45) is 0. The molecule has 0 saturated heterocycles. The molecule has 9 heteroatoms. The Morgan fingerprint density at radius 3 is 2.59 bits per heavy atom. The standard InChI is InChI=1S/C23H20FN5O2S/c1-29-20(13-25-22(31)17-10-4-5-11-18(17)24)27-28-23(29)32-14-21(30)26-19-12-6-8-15-7-2-3-9-16(15)19/h2-12H,13-14H2,1H3,(H,25,31)(H,26,30). The number of benzene rings is 3. The molecule has 4 aromatic rings. The highest BCUT2D eigenvalue weighted by molar-refractivity contribution is 7.99. The molecule has 0 unspecified atom stereocenters. The molecule has 0 aliphatic rings. The van der Waals surface area contributed by atoms with Crippen LogP contribution >= 0.6 is 11.8 Å². The monoisotopic (exact) mass is 449 g/mol. The summed E-state index contributed by atoms with van der Waals surface area (Å²) in [6.45, 7) is 0.0828. The van der Waals surface area contributed by atoms with Crippen LogP contribution in [0.15, 0.2) is 71.9 Å². The molecule has 0 atom stereocenters. The average Bonchev–Trinajstić information content (AvgIpc) is 3.16. The number of fused-ring (bicyclic) bond motifs is 1. The Hall–Kier alpha value is -3.72. The van der Waals surface area contributed by atoms with Crippen molar-refractivity contribution in [3.63, 3.8) is 0 Å².